The van der Waals surface area contributed by atoms with Gasteiger partial charge in [-0.2, -0.15) is 13.2 Å². The van der Waals surface area contributed by atoms with Gasteiger partial charge < -0.3 is 18.9 Å². The van der Waals surface area contributed by atoms with Crippen molar-refractivity contribution >= 4 is 5.97 Å². The van der Waals surface area contributed by atoms with E-state index < -0.39 is 29.7 Å². The van der Waals surface area contributed by atoms with E-state index in [0.29, 0.717) is 11.6 Å². The molecule has 8 heteroatoms. The third kappa shape index (κ3) is 4.16. The number of methoxy groups -OCH3 is 1. The maximum atomic E-state index is 13.7. The summed E-state index contributed by atoms with van der Waals surface area (Å²) in [6.07, 6.45) is -3.54. The Morgan fingerprint density at radius 1 is 1.11 bits per heavy atom. The molecule has 142 valence electrons. The van der Waals surface area contributed by atoms with Gasteiger partial charge >= 0.3 is 12.1 Å². The van der Waals surface area contributed by atoms with Crippen LogP contribution in [-0.2, 0) is 27.0 Å². The molecule has 1 heterocycles. The lowest BCUT2D eigenvalue weighted by Gasteiger charge is -2.21. The van der Waals surface area contributed by atoms with Crippen LogP contribution in [0.1, 0.15) is 33.3 Å². The molecule has 3 rings (SSSR count). The van der Waals surface area contributed by atoms with Crippen LogP contribution < -0.4 is 4.74 Å². The van der Waals surface area contributed by atoms with Crippen molar-refractivity contribution in [1.82, 2.24) is 0 Å². The third-order valence-corrected chi connectivity index (χ3v) is 3.78. The summed E-state index contributed by atoms with van der Waals surface area (Å²) >= 11 is 0. The first-order chi connectivity index (χ1) is 12.9. The van der Waals surface area contributed by atoms with Gasteiger partial charge in [0.1, 0.15) is 24.9 Å². The SMILES string of the molecule is COC(=O)c1cc(C2OC=CO2)c(OCc2ccccc2)c(C(F)(F)F)c1. The number of benzene rings is 2. The van der Waals surface area contributed by atoms with E-state index >= 15 is 0 Å². The van der Waals surface area contributed by atoms with Gasteiger partial charge in [0.25, 0.3) is 6.29 Å². The normalized spacial score (nSPS) is 13.8. The van der Waals surface area contributed by atoms with E-state index in [-0.39, 0.29) is 17.7 Å². The second kappa shape index (κ2) is 7.61. The average molecular weight is 380 g/mol. The predicted octanol–water partition coefficient (Wildman–Crippen LogP) is 4.59. The molecule has 1 aliphatic heterocycles. The topological polar surface area (TPSA) is 54.0 Å². The molecule has 0 amide bonds. The monoisotopic (exact) mass is 380 g/mol. The number of esters is 1. The van der Waals surface area contributed by atoms with E-state index in [1.54, 1.807) is 30.3 Å². The molecule has 27 heavy (non-hydrogen) atoms. The zero-order valence-corrected chi connectivity index (χ0v) is 14.2. The molecule has 2 aromatic rings. The Kier molecular flexibility index (Phi) is 5.25. The van der Waals surface area contributed by atoms with Crippen LogP contribution in [0.5, 0.6) is 5.75 Å². The molecule has 1 aliphatic rings. The van der Waals surface area contributed by atoms with E-state index in [4.69, 9.17) is 14.2 Å². The van der Waals surface area contributed by atoms with Gasteiger partial charge in [-0.3, -0.25) is 0 Å². The summed E-state index contributed by atoms with van der Waals surface area (Å²) < 4.78 is 61.4. The first-order valence-corrected chi connectivity index (χ1v) is 7.86. The van der Waals surface area contributed by atoms with Gasteiger partial charge in [-0.1, -0.05) is 30.3 Å². The van der Waals surface area contributed by atoms with Gasteiger partial charge in [0, 0.05) is 0 Å². The zero-order valence-electron chi connectivity index (χ0n) is 14.2. The second-order valence-corrected chi connectivity index (χ2v) is 5.58. The van der Waals surface area contributed by atoms with E-state index in [2.05, 4.69) is 4.74 Å². The van der Waals surface area contributed by atoms with Crippen molar-refractivity contribution < 1.29 is 36.9 Å². The van der Waals surface area contributed by atoms with Gasteiger partial charge in [0.05, 0.1) is 23.8 Å². The molecule has 0 radical (unpaired) electrons. The lowest BCUT2D eigenvalue weighted by atomic mass is 10.0. The molecule has 0 saturated carbocycles. The smallest absolute Gasteiger partial charge is 0.420 e. The molecule has 5 nitrogen and oxygen atoms in total. The molecule has 2 aromatic carbocycles. The fourth-order valence-electron chi connectivity index (χ4n) is 2.55. The van der Waals surface area contributed by atoms with Crippen LogP contribution in [0.25, 0.3) is 0 Å². The Balaban J connectivity index is 2.07. The minimum Gasteiger partial charge on any atom is -0.488 e. The molecule has 0 aromatic heterocycles. The first kappa shape index (κ1) is 18.6. The average Bonchev–Trinajstić information content (AvgIpc) is 3.19. The third-order valence-electron chi connectivity index (χ3n) is 3.78. The lowest BCUT2D eigenvalue weighted by molar-refractivity contribution is -0.139. The van der Waals surface area contributed by atoms with Crippen molar-refractivity contribution in [2.75, 3.05) is 7.11 Å². The number of hydrogen-bond acceptors (Lipinski definition) is 5. The summed E-state index contributed by atoms with van der Waals surface area (Å²) in [4.78, 5) is 11.8. The van der Waals surface area contributed by atoms with Gasteiger partial charge in [0.15, 0.2) is 0 Å². The molecule has 0 saturated heterocycles. The van der Waals surface area contributed by atoms with E-state index in [9.17, 15) is 18.0 Å². The van der Waals surface area contributed by atoms with Crippen molar-refractivity contribution in [3.8, 4) is 5.75 Å². The van der Waals surface area contributed by atoms with Gasteiger partial charge in [0.2, 0.25) is 0 Å². The highest BCUT2D eigenvalue weighted by molar-refractivity contribution is 5.90. The molecular weight excluding hydrogens is 365 g/mol. The number of ether oxygens (including phenoxy) is 4. The summed E-state index contributed by atoms with van der Waals surface area (Å²) in [5.41, 5.74) is -0.785. The number of carbonyl (C=O) groups is 1. The molecule has 0 spiro atoms. The highest BCUT2D eigenvalue weighted by Gasteiger charge is 2.39. The van der Waals surface area contributed by atoms with Crippen LogP contribution in [0.2, 0.25) is 0 Å². The number of alkyl halides is 3. The maximum Gasteiger partial charge on any atom is 0.420 e. The Labute approximate surface area is 152 Å². The number of halogens is 3. The summed E-state index contributed by atoms with van der Waals surface area (Å²) in [6, 6.07) is 10.6. The number of carbonyl (C=O) groups excluding carboxylic acids is 1. The largest absolute Gasteiger partial charge is 0.488 e. The van der Waals surface area contributed by atoms with Crippen molar-refractivity contribution in [2.45, 2.75) is 19.1 Å². The van der Waals surface area contributed by atoms with Crippen LogP contribution in [0.15, 0.2) is 55.0 Å². The Hall–Kier alpha value is -3.16. The van der Waals surface area contributed by atoms with Crippen molar-refractivity contribution in [3.63, 3.8) is 0 Å². The van der Waals surface area contributed by atoms with Crippen LogP contribution in [0, 0.1) is 0 Å². The minimum absolute atomic E-state index is 0.0637. The fraction of sp³-hybridized carbons (Fsp3) is 0.211. The molecule has 0 atom stereocenters. The summed E-state index contributed by atoms with van der Waals surface area (Å²) in [7, 11) is 1.08. The highest BCUT2D eigenvalue weighted by Crippen LogP contribution is 2.43. The van der Waals surface area contributed by atoms with Crippen molar-refractivity contribution in [2.24, 2.45) is 0 Å². The van der Waals surface area contributed by atoms with Crippen LogP contribution in [0.3, 0.4) is 0 Å². The van der Waals surface area contributed by atoms with Crippen LogP contribution in [0.4, 0.5) is 13.2 Å². The Bertz CT molecular complexity index is 838. The molecule has 0 unspecified atom stereocenters. The summed E-state index contributed by atoms with van der Waals surface area (Å²) in [5.74, 6) is -1.38. The molecule has 0 fully saturated rings. The van der Waals surface area contributed by atoms with Gasteiger partial charge in [-0.15, -0.1) is 0 Å². The van der Waals surface area contributed by atoms with Gasteiger partial charge in [-0.05, 0) is 17.7 Å². The van der Waals surface area contributed by atoms with E-state index in [1.165, 1.54) is 18.6 Å². The first-order valence-electron chi connectivity index (χ1n) is 7.86. The second-order valence-electron chi connectivity index (χ2n) is 5.58. The van der Waals surface area contributed by atoms with E-state index in [1.807, 2.05) is 0 Å². The number of hydrogen-bond donors (Lipinski definition) is 0. The predicted molar refractivity (Wildman–Crippen MR) is 87.6 cm³/mol. The van der Waals surface area contributed by atoms with Crippen molar-refractivity contribution in [1.29, 1.82) is 0 Å². The maximum absolute atomic E-state index is 13.7. The molecule has 0 N–H and O–H groups in total. The summed E-state index contributed by atoms with van der Waals surface area (Å²) in [5, 5.41) is 0. The Morgan fingerprint density at radius 2 is 1.78 bits per heavy atom. The quantitative estimate of drug-likeness (QED) is 0.711. The van der Waals surface area contributed by atoms with E-state index in [0.717, 1.165) is 7.11 Å². The Morgan fingerprint density at radius 3 is 2.37 bits per heavy atom. The molecular formula is C19H15F3O5. The van der Waals surface area contributed by atoms with Crippen LogP contribution in [-0.4, -0.2) is 13.1 Å². The summed E-state index contributed by atoms with van der Waals surface area (Å²) in [6.45, 7) is -0.103. The van der Waals surface area contributed by atoms with Crippen LogP contribution >= 0.6 is 0 Å². The minimum atomic E-state index is -4.77. The fourth-order valence-corrected chi connectivity index (χ4v) is 2.55. The standard InChI is InChI=1S/C19H15F3O5/c1-24-17(23)13-9-14(18-25-7-8-26-18)16(15(10-13)19(20,21)22)27-11-12-5-3-2-4-6-12/h2-10,18H,11H2,1H3. The molecule has 0 bridgehead atoms. The molecule has 0 aliphatic carbocycles. The zero-order chi connectivity index (χ0) is 19.4. The van der Waals surface area contributed by atoms with Gasteiger partial charge in [-0.25, -0.2) is 4.79 Å². The number of rotatable bonds is 5. The van der Waals surface area contributed by atoms with Crippen molar-refractivity contribution in [3.05, 3.63) is 77.2 Å². The highest BCUT2D eigenvalue weighted by atomic mass is 19.4. The lowest BCUT2D eigenvalue weighted by Crippen LogP contribution is -2.15.